The van der Waals surface area contributed by atoms with Crippen molar-refractivity contribution in [1.29, 1.82) is 0 Å². The third kappa shape index (κ3) is 4.72. The molecule has 1 N–H and O–H groups in total. The molecule has 0 saturated carbocycles. The zero-order valence-corrected chi connectivity index (χ0v) is 17.4. The van der Waals surface area contributed by atoms with Crippen molar-refractivity contribution in [3.05, 3.63) is 70.4 Å². The van der Waals surface area contributed by atoms with Gasteiger partial charge < -0.3 is 5.32 Å². The SMILES string of the molecule is C=CCn1c(SCC(=O)NC(CCC)c2ccccc2)nc2sccc2c1=O. The van der Waals surface area contributed by atoms with Gasteiger partial charge in [-0.25, -0.2) is 4.98 Å². The van der Waals surface area contributed by atoms with Gasteiger partial charge in [-0.15, -0.1) is 17.9 Å². The quantitative estimate of drug-likeness (QED) is 0.321. The molecule has 7 heteroatoms. The number of benzene rings is 1. The molecule has 1 aromatic carbocycles. The van der Waals surface area contributed by atoms with Crippen LogP contribution in [0.1, 0.15) is 31.4 Å². The highest BCUT2D eigenvalue weighted by Gasteiger charge is 2.16. The van der Waals surface area contributed by atoms with Crippen LogP contribution in [0.25, 0.3) is 10.2 Å². The maximum absolute atomic E-state index is 12.7. The number of hydrogen-bond acceptors (Lipinski definition) is 5. The van der Waals surface area contributed by atoms with Gasteiger partial charge in [-0.05, 0) is 23.4 Å². The molecule has 2 aromatic heterocycles. The second-order valence-corrected chi connectivity index (χ2v) is 8.18. The lowest BCUT2D eigenvalue weighted by molar-refractivity contribution is -0.119. The fourth-order valence-corrected chi connectivity index (χ4v) is 4.62. The lowest BCUT2D eigenvalue weighted by atomic mass is 10.0. The summed E-state index contributed by atoms with van der Waals surface area (Å²) in [4.78, 5) is 30.5. The number of amides is 1. The average molecular weight is 414 g/mol. The largest absolute Gasteiger partial charge is 0.349 e. The van der Waals surface area contributed by atoms with Crippen LogP contribution in [0.2, 0.25) is 0 Å². The minimum absolute atomic E-state index is 0.0117. The Morgan fingerprint density at radius 2 is 2.14 bits per heavy atom. The summed E-state index contributed by atoms with van der Waals surface area (Å²) in [5.74, 6) is 0.131. The Morgan fingerprint density at radius 1 is 1.36 bits per heavy atom. The van der Waals surface area contributed by atoms with Gasteiger partial charge in [-0.3, -0.25) is 14.2 Å². The number of nitrogens with zero attached hydrogens (tertiary/aromatic N) is 2. The fraction of sp³-hybridized carbons (Fsp3) is 0.286. The number of hydrogen-bond donors (Lipinski definition) is 1. The Kier molecular flexibility index (Phi) is 7.06. The predicted molar refractivity (Wildman–Crippen MR) is 117 cm³/mol. The van der Waals surface area contributed by atoms with Crippen LogP contribution in [-0.2, 0) is 11.3 Å². The molecule has 0 spiro atoms. The van der Waals surface area contributed by atoms with Crippen LogP contribution in [0.4, 0.5) is 0 Å². The first-order valence-electron chi connectivity index (χ1n) is 9.20. The minimum atomic E-state index is -0.0952. The van der Waals surface area contributed by atoms with Crippen molar-refractivity contribution in [1.82, 2.24) is 14.9 Å². The highest BCUT2D eigenvalue weighted by atomic mass is 32.2. The van der Waals surface area contributed by atoms with Crippen molar-refractivity contribution in [3.63, 3.8) is 0 Å². The van der Waals surface area contributed by atoms with E-state index in [1.54, 1.807) is 16.7 Å². The number of carbonyl (C=O) groups is 1. The second-order valence-electron chi connectivity index (χ2n) is 6.35. The molecule has 0 fully saturated rings. The van der Waals surface area contributed by atoms with Crippen LogP contribution in [0.15, 0.2) is 64.4 Å². The van der Waals surface area contributed by atoms with Gasteiger partial charge in [0.2, 0.25) is 5.91 Å². The van der Waals surface area contributed by atoms with Crippen LogP contribution in [0.3, 0.4) is 0 Å². The fourth-order valence-electron chi connectivity index (χ4n) is 2.99. The van der Waals surface area contributed by atoms with Crippen LogP contribution < -0.4 is 10.9 Å². The van der Waals surface area contributed by atoms with Crippen LogP contribution >= 0.6 is 23.1 Å². The van der Waals surface area contributed by atoms with E-state index in [4.69, 9.17) is 0 Å². The lowest BCUT2D eigenvalue weighted by Crippen LogP contribution is -2.30. The zero-order valence-electron chi connectivity index (χ0n) is 15.8. The van der Waals surface area contributed by atoms with E-state index in [2.05, 4.69) is 23.8 Å². The van der Waals surface area contributed by atoms with Crippen molar-refractivity contribution in [2.75, 3.05) is 5.75 Å². The topological polar surface area (TPSA) is 64.0 Å². The number of fused-ring (bicyclic) bond motifs is 1. The number of rotatable bonds is 9. The van der Waals surface area contributed by atoms with E-state index < -0.39 is 0 Å². The predicted octanol–water partition coefficient (Wildman–Crippen LogP) is 4.39. The number of aromatic nitrogens is 2. The Balaban J connectivity index is 1.74. The molecule has 0 aliphatic heterocycles. The maximum atomic E-state index is 12.7. The van der Waals surface area contributed by atoms with Gasteiger partial charge in [0.25, 0.3) is 5.56 Å². The summed E-state index contributed by atoms with van der Waals surface area (Å²) in [6, 6.07) is 11.8. The van der Waals surface area contributed by atoms with Crippen LogP contribution in [0.5, 0.6) is 0 Å². The summed E-state index contributed by atoms with van der Waals surface area (Å²) in [5, 5.41) is 6.11. The molecule has 2 heterocycles. The molecule has 1 atom stereocenters. The Labute approximate surface area is 172 Å². The molecule has 3 rings (SSSR count). The molecule has 0 aliphatic rings. The third-order valence-electron chi connectivity index (χ3n) is 4.31. The van der Waals surface area contributed by atoms with E-state index in [-0.39, 0.29) is 23.3 Å². The van der Waals surface area contributed by atoms with E-state index in [0.29, 0.717) is 21.9 Å². The van der Waals surface area contributed by atoms with Crippen molar-refractivity contribution < 1.29 is 4.79 Å². The Bertz CT molecular complexity index is 1010. The molecule has 1 amide bonds. The molecular weight excluding hydrogens is 390 g/mol. The first-order chi connectivity index (χ1) is 13.6. The number of thiophene rings is 1. The highest BCUT2D eigenvalue weighted by Crippen LogP contribution is 2.22. The smallest absolute Gasteiger partial charge is 0.263 e. The molecule has 0 saturated heterocycles. The Hall–Kier alpha value is -2.38. The summed E-state index contributed by atoms with van der Waals surface area (Å²) in [7, 11) is 0. The number of thioether (sulfide) groups is 1. The molecule has 0 radical (unpaired) electrons. The molecule has 0 aliphatic carbocycles. The normalized spacial score (nSPS) is 12.0. The first kappa shape index (κ1) is 20.4. The number of allylic oxidation sites excluding steroid dienone is 1. The van der Waals surface area contributed by atoms with Gasteiger partial charge in [0.05, 0.1) is 17.2 Å². The molecule has 5 nitrogen and oxygen atoms in total. The van der Waals surface area contributed by atoms with Crippen LogP contribution in [0, 0.1) is 0 Å². The lowest BCUT2D eigenvalue weighted by Gasteiger charge is -2.18. The van der Waals surface area contributed by atoms with Gasteiger partial charge >= 0.3 is 0 Å². The van der Waals surface area contributed by atoms with Crippen molar-refractivity contribution in [2.24, 2.45) is 0 Å². The molecule has 28 heavy (non-hydrogen) atoms. The summed E-state index contributed by atoms with van der Waals surface area (Å²) in [6.07, 6.45) is 3.52. The monoisotopic (exact) mass is 413 g/mol. The average Bonchev–Trinajstić information content (AvgIpc) is 3.18. The van der Waals surface area contributed by atoms with Gasteiger partial charge in [0.15, 0.2) is 5.16 Å². The van der Waals surface area contributed by atoms with Crippen LogP contribution in [-0.4, -0.2) is 21.2 Å². The summed E-state index contributed by atoms with van der Waals surface area (Å²) < 4.78 is 1.57. The molecule has 0 bridgehead atoms. The van der Waals surface area contributed by atoms with E-state index in [0.717, 1.165) is 18.4 Å². The molecule has 146 valence electrons. The van der Waals surface area contributed by atoms with E-state index >= 15 is 0 Å². The van der Waals surface area contributed by atoms with Gasteiger partial charge in [-0.2, -0.15) is 0 Å². The first-order valence-corrected chi connectivity index (χ1v) is 11.1. The number of nitrogens with one attached hydrogen (secondary N) is 1. The van der Waals surface area contributed by atoms with Crippen molar-refractivity contribution in [2.45, 2.75) is 37.5 Å². The summed E-state index contributed by atoms with van der Waals surface area (Å²) in [6.45, 7) is 6.19. The summed E-state index contributed by atoms with van der Waals surface area (Å²) >= 11 is 2.71. The molecule has 1 unspecified atom stereocenters. The van der Waals surface area contributed by atoms with Crippen molar-refractivity contribution in [3.8, 4) is 0 Å². The van der Waals surface area contributed by atoms with E-state index in [1.807, 2.05) is 35.7 Å². The summed E-state index contributed by atoms with van der Waals surface area (Å²) in [5.41, 5.74) is 1.01. The highest BCUT2D eigenvalue weighted by molar-refractivity contribution is 7.99. The molecular formula is C21H23N3O2S2. The van der Waals surface area contributed by atoms with E-state index in [9.17, 15) is 9.59 Å². The standard InChI is InChI=1S/C21H23N3O2S2/c1-3-8-17(15-9-6-5-7-10-15)22-18(25)14-28-21-23-19-16(11-13-27-19)20(26)24(21)12-4-2/h4-7,9-11,13,17H,2-3,8,12,14H2,1H3,(H,22,25). The number of carbonyl (C=O) groups excluding carboxylic acids is 1. The van der Waals surface area contributed by atoms with Gasteiger partial charge in [0, 0.05) is 6.54 Å². The van der Waals surface area contributed by atoms with Gasteiger partial charge in [0.1, 0.15) is 4.83 Å². The zero-order chi connectivity index (χ0) is 19.9. The van der Waals surface area contributed by atoms with Crippen molar-refractivity contribution >= 4 is 39.2 Å². The minimum Gasteiger partial charge on any atom is -0.349 e. The van der Waals surface area contributed by atoms with E-state index in [1.165, 1.54) is 23.1 Å². The third-order valence-corrected chi connectivity index (χ3v) is 6.09. The van der Waals surface area contributed by atoms with Gasteiger partial charge in [-0.1, -0.05) is 61.5 Å². The Morgan fingerprint density at radius 3 is 2.86 bits per heavy atom. The molecule has 3 aromatic rings. The second kappa shape index (κ2) is 9.71. The maximum Gasteiger partial charge on any atom is 0.263 e.